The van der Waals surface area contributed by atoms with E-state index in [-0.39, 0.29) is 24.6 Å². The van der Waals surface area contributed by atoms with Gasteiger partial charge in [-0.05, 0) is 12.1 Å². The van der Waals surface area contributed by atoms with Crippen molar-refractivity contribution in [1.82, 2.24) is 10.3 Å². The largest absolute Gasteiger partial charge is 0.433 e. The van der Waals surface area contributed by atoms with Crippen molar-refractivity contribution in [2.24, 2.45) is 5.92 Å². The van der Waals surface area contributed by atoms with Crippen LogP contribution in [0.4, 0.5) is 18.9 Å². The summed E-state index contributed by atoms with van der Waals surface area (Å²) in [6.07, 6.45) is -3.49. The molecule has 1 saturated heterocycles. The van der Waals surface area contributed by atoms with Crippen molar-refractivity contribution in [3.05, 3.63) is 24.0 Å². The highest BCUT2D eigenvalue weighted by Crippen LogP contribution is 2.27. The van der Waals surface area contributed by atoms with Crippen LogP contribution >= 0.6 is 0 Å². The van der Waals surface area contributed by atoms with E-state index in [4.69, 9.17) is 0 Å². The summed E-state index contributed by atoms with van der Waals surface area (Å²) < 4.78 is 36.8. The van der Waals surface area contributed by atoms with Crippen LogP contribution in [0.3, 0.4) is 0 Å². The number of halogens is 3. The molecule has 5 nitrogen and oxygen atoms in total. The maximum absolute atomic E-state index is 12.3. The number of anilines is 1. The van der Waals surface area contributed by atoms with Crippen LogP contribution in [0.15, 0.2) is 18.3 Å². The van der Waals surface area contributed by atoms with E-state index in [0.717, 1.165) is 18.3 Å². The van der Waals surface area contributed by atoms with E-state index in [0.29, 0.717) is 0 Å². The Hall–Kier alpha value is -2.12. The number of carbonyl (C=O) groups is 2. The van der Waals surface area contributed by atoms with Gasteiger partial charge < -0.3 is 10.6 Å². The second kappa shape index (κ2) is 4.87. The number of aromatic nitrogens is 1. The Balaban J connectivity index is 2.00. The number of alkyl halides is 3. The summed E-state index contributed by atoms with van der Waals surface area (Å²) in [6, 6.07) is 1.91. The van der Waals surface area contributed by atoms with Gasteiger partial charge in [-0.3, -0.25) is 9.59 Å². The van der Waals surface area contributed by atoms with E-state index in [1.54, 1.807) is 0 Å². The molecule has 1 unspecified atom stereocenters. The van der Waals surface area contributed by atoms with Crippen LogP contribution in [0.2, 0.25) is 0 Å². The predicted molar refractivity (Wildman–Crippen MR) is 59.0 cm³/mol. The summed E-state index contributed by atoms with van der Waals surface area (Å²) in [5, 5.41) is 4.92. The molecule has 0 bridgehead atoms. The molecular formula is C11H10F3N3O2. The van der Waals surface area contributed by atoms with Gasteiger partial charge in [-0.25, -0.2) is 4.98 Å². The van der Waals surface area contributed by atoms with Crippen LogP contribution in [-0.4, -0.2) is 23.3 Å². The summed E-state index contributed by atoms with van der Waals surface area (Å²) in [4.78, 5) is 25.8. The van der Waals surface area contributed by atoms with Gasteiger partial charge in [0.1, 0.15) is 5.69 Å². The molecule has 2 amide bonds. The van der Waals surface area contributed by atoms with Crippen LogP contribution in [-0.2, 0) is 15.8 Å². The monoisotopic (exact) mass is 273 g/mol. The van der Waals surface area contributed by atoms with E-state index in [1.165, 1.54) is 0 Å². The fourth-order valence-corrected chi connectivity index (χ4v) is 1.67. The third kappa shape index (κ3) is 3.21. The molecule has 0 aliphatic carbocycles. The number of hydrogen-bond acceptors (Lipinski definition) is 3. The first-order valence-corrected chi connectivity index (χ1v) is 5.47. The van der Waals surface area contributed by atoms with E-state index in [9.17, 15) is 22.8 Å². The number of pyridine rings is 1. The van der Waals surface area contributed by atoms with Crippen molar-refractivity contribution in [3.8, 4) is 0 Å². The molecule has 102 valence electrons. The normalized spacial score (nSPS) is 19.1. The Morgan fingerprint density at radius 1 is 1.42 bits per heavy atom. The van der Waals surface area contributed by atoms with Gasteiger partial charge in [0, 0.05) is 13.0 Å². The van der Waals surface area contributed by atoms with Crippen molar-refractivity contribution < 1.29 is 22.8 Å². The fraction of sp³-hybridized carbons (Fsp3) is 0.364. The van der Waals surface area contributed by atoms with Crippen LogP contribution in [0.1, 0.15) is 12.1 Å². The van der Waals surface area contributed by atoms with Gasteiger partial charge in [0.15, 0.2) is 0 Å². The van der Waals surface area contributed by atoms with Gasteiger partial charge in [0.05, 0.1) is 17.8 Å². The molecule has 1 atom stereocenters. The third-order valence-corrected chi connectivity index (χ3v) is 2.67. The van der Waals surface area contributed by atoms with Crippen molar-refractivity contribution in [3.63, 3.8) is 0 Å². The highest BCUT2D eigenvalue weighted by atomic mass is 19.4. The molecule has 2 heterocycles. The van der Waals surface area contributed by atoms with E-state index in [1.807, 2.05) is 0 Å². The lowest BCUT2D eigenvalue weighted by Gasteiger charge is -2.10. The number of nitrogens with one attached hydrogen (secondary N) is 2. The highest BCUT2D eigenvalue weighted by molar-refractivity contribution is 5.97. The smallest absolute Gasteiger partial charge is 0.355 e. The van der Waals surface area contributed by atoms with E-state index in [2.05, 4.69) is 15.6 Å². The van der Waals surface area contributed by atoms with Crippen LogP contribution in [0, 0.1) is 5.92 Å². The van der Waals surface area contributed by atoms with Crippen molar-refractivity contribution in [2.75, 3.05) is 11.9 Å². The van der Waals surface area contributed by atoms with Gasteiger partial charge in [0.2, 0.25) is 11.8 Å². The number of amides is 2. The van der Waals surface area contributed by atoms with Crippen molar-refractivity contribution in [1.29, 1.82) is 0 Å². The Labute approximate surface area is 106 Å². The first kappa shape index (κ1) is 13.3. The molecule has 0 saturated carbocycles. The first-order chi connectivity index (χ1) is 8.86. The zero-order chi connectivity index (χ0) is 14.0. The zero-order valence-corrected chi connectivity index (χ0v) is 9.62. The lowest BCUT2D eigenvalue weighted by molar-refractivity contribution is -0.141. The third-order valence-electron chi connectivity index (χ3n) is 2.67. The van der Waals surface area contributed by atoms with Gasteiger partial charge in [-0.2, -0.15) is 13.2 Å². The Morgan fingerprint density at radius 2 is 2.16 bits per heavy atom. The molecule has 1 aliphatic rings. The molecule has 1 aliphatic heterocycles. The maximum Gasteiger partial charge on any atom is 0.433 e. The quantitative estimate of drug-likeness (QED) is 0.849. The molecule has 1 fully saturated rings. The second-order valence-electron chi connectivity index (χ2n) is 4.12. The van der Waals surface area contributed by atoms with Crippen LogP contribution < -0.4 is 10.6 Å². The summed E-state index contributed by atoms with van der Waals surface area (Å²) in [5.41, 5.74) is -0.861. The standard InChI is InChI=1S/C11H10F3N3O2/c12-11(13,14)8-2-1-7(5-15-8)17-10(19)6-3-9(18)16-4-6/h1-2,5-6H,3-4H2,(H,16,18)(H,17,19). The van der Waals surface area contributed by atoms with E-state index < -0.39 is 23.7 Å². The number of hydrogen-bond donors (Lipinski definition) is 2. The summed E-state index contributed by atoms with van der Waals surface area (Å²) >= 11 is 0. The fourth-order valence-electron chi connectivity index (χ4n) is 1.67. The molecule has 1 aromatic heterocycles. The average molecular weight is 273 g/mol. The molecular weight excluding hydrogens is 263 g/mol. The summed E-state index contributed by atoms with van der Waals surface area (Å²) in [5.74, 6) is -1.14. The van der Waals surface area contributed by atoms with Gasteiger partial charge in [-0.15, -0.1) is 0 Å². The number of carbonyl (C=O) groups excluding carboxylic acids is 2. The van der Waals surface area contributed by atoms with Crippen LogP contribution in [0.25, 0.3) is 0 Å². The molecule has 0 radical (unpaired) electrons. The molecule has 1 aromatic rings. The molecule has 0 spiro atoms. The average Bonchev–Trinajstić information content (AvgIpc) is 2.75. The van der Waals surface area contributed by atoms with Gasteiger partial charge in [0.25, 0.3) is 0 Å². The number of rotatable bonds is 2. The molecule has 2 rings (SSSR count). The molecule has 0 aromatic carbocycles. The van der Waals surface area contributed by atoms with E-state index >= 15 is 0 Å². The highest BCUT2D eigenvalue weighted by Gasteiger charge is 2.32. The SMILES string of the molecule is O=C1CC(C(=O)Nc2ccc(C(F)(F)F)nc2)CN1. The Bertz CT molecular complexity index is 499. The van der Waals surface area contributed by atoms with Crippen molar-refractivity contribution >= 4 is 17.5 Å². The minimum absolute atomic E-state index is 0.0832. The lowest BCUT2D eigenvalue weighted by atomic mass is 10.1. The summed E-state index contributed by atoms with van der Waals surface area (Å²) in [6.45, 7) is 0.235. The molecule has 19 heavy (non-hydrogen) atoms. The minimum atomic E-state index is -4.51. The second-order valence-corrected chi connectivity index (χ2v) is 4.12. The summed E-state index contributed by atoms with van der Waals surface area (Å²) in [7, 11) is 0. The first-order valence-electron chi connectivity index (χ1n) is 5.47. The lowest BCUT2D eigenvalue weighted by Crippen LogP contribution is -2.24. The zero-order valence-electron chi connectivity index (χ0n) is 9.62. The number of nitrogens with zero attached hydrogens (tertiary/aromatic N) is 1. The van der Waals surface area contributed by atoms with Crippen molar-refractivity contribution in [2.45, 2.75) is 12.6 Å². The molecule has 2 N–H and O–H groups in total. The topological polar surface area (TPSA) is 71.1 Å². The van der Waals surface area contributed by atoms with Gasteiger partial charge >= 0.3 is 6.18 Å². The minimum Gasteiger partial charge on any atom is -0.355 e. The van der Waals surface area contributed by atoms with Gasteiger partial charge in [-0.1, -0.05) is 0 Å². The maximum atomic E-state index is 12.3. The Morgan fingerprint density at radius 3 is 2.63 bits per heavy atom. The van der Waals surface area contributed by atoms with Crippen LogP contribution in [0.5, 0.6) is 0 Å². The molecule has 8 heteroatoms. The Kier molecular flexibility index (Phi) is 3.41. The predicted octanol–water partition coefficient (Wildman–Crippen LogP) is 1.18.